The first-order chi connectivity index (χ1) is 11.4. The Bertz CT molecular complexity index is 360. The fourth-order valence-corrected chi connectivity index (χ4v) is 4.53. The van der Waals surface area contributed by atoms with E-state index in [9.17, 15) is 0 Å². The Morgan fingerprint density at radius 2 is 1.79 bits per heavy atom. The molecule has 2 aliphatic heterocycles. The molecule has 0 N–H and O–H groups in total. The van der Waals surface area contributed by atoms with Crippen LogP contribution in [0.5, 0.6) is 0 Å². The fraction of sp³-hybridized carbons (Fsp3) is 1.00. The van der Waals surface area contributed by atoms with E-state index in [0.29, 0.717) is 36.4 Å². The predicted octanol–water partition coefficient (Wildman–Crippen LogP) is 3.54. The minimum Gasteiger partial charge on any atom is -0.377 e. The molecule has 142 valence electrons. The van der Waals surface area contributed by atoms with Gasteiger partial charge in [-0.05, 0) is 73.8 Å². The number of rotatable bonds is 8. The predicted molar refractivity (Wildman–Crippen MR) is 101 cm³/mol. The molecular formula is C20H40N2O2. The summed E-state index contributed by atoms with van der Waals surface area (Å²) in [4.78, 5) is 5.31. The number of hydrogen-bond acceptors (Lipinski definition) is 4. The van der Waals surface area contributed by atoms with E-state index in [1.807, 2.05) is 0 Å². The fourth-order valence-electron chi connectivity index (χ4n) is 4.53. The molecule has 0 amide bonds. The average Bonchev–Trinajstić information content (AvgIpc) is 2.89. The van der Waals surface area contributed by atoms with Crippen LogP contribution >= 0.6 is 0 Å². The van der Waals surface area contributed by atoms with Gasteiger partial charge in [0.2, 0.25) is 0 Å². The van der Waals surface area contributed by atoms with Crippen molar-refractivity contribution in [3.8, 4) is 0 Å². The van der Waals surface area contributed by atoms with E-state index in [-0.39, 0.29) is 0 Å². The van der Waals surface area contributed by atoms with E-state index in [1.54, 1.807) is 0 Å². The van der Waals surface area contributed by atoms with Crippen LogP contribution in [0.25, 0.3) is 0 Å². The van der Waals surface area contributed by atoms with Crippen molar-refractivity contribution in [1.29, 1.82) is 0 Å². The zero-order valence-corrected chi connectivity index (χ0v) is 16.8. The quantitative estimate of drug-likeness (QED) is 0.675. The smallest absolute Gasteiger partial charge is 0.0720 e. The van der Waals surface area contributed by atoms with Crippen LogP contribution in [-0.2, 0) is 9.47 Å². The van der Waals surface area contributed by atoms with E-state index < -0.39 is 0 Å². The molecule has 4 heteroatoms. The second-order valence-electron chi connectivity index (χ2n) is 8.29. The van der Waals surface area contributed by atoms with E-state index in [1.165, 1.54) is 32.2 Å². The van der Waals surface area contributed by atoms with E-state index >= 15 is 0 Å². The summed E-state index contributed by atoms with van der Waals surface area (Å²) >= 11 is 0. The monoisotopic (exact) mass is 340 g/mol. The van der Waals surface area contributed by atoms with Gasteiger partial charge in [0, 0.05) is 37.8 Å². The van der Waals surface area contributed by atoms with Gasteiger partial charge in [-0.15, -0.1) is 0 Å². The minimum atomic E-state index is 0.328. The Morgan fingerprint density at radius 1 is 1.04 bits per heavy atom. The topological polar surface area (TPSA) is 24.9 Å². The van der Waals surface area contributed by atoms with Crippen LogP contribution in [0.4, 0.5) is 0 Å². The van der Waals surface area contributed by atoms with Gasteiger partial charge in [0.05, 0.1) is 18.3 Å². The van der Waals surface area contributed by atoms with Gasteiger partial charge in [0.25, 0.3) is 0 Å². The summed E-state index contributed by atoms with van der Waals surface area (Å²) in [5, 5.41) is 0. The van der Waals surface area contributed by atoms with E-state index in [4.69, 9.17) is 9.47 Å². The molecule has 24 heavy (non-hydrogen) atoms. The Balaban J connectivity index is 1.89. The first-order valence-corrected chi connectivity index (χ1v) is 10.2. The maximum Gasteiger partial charge on any atom is 0.0720 e. The molecule has 0 aliphatic carbocycles. The lowest BCUT2D eigenvalue weighted by atomic mass is 10.00. The molecule has 0 aromatic rings. The Morgan fingerprint density at radius 3 is 2.42 bits per heavy atom. The second-order valence-corrected chi connectivity index (χ2v) is 8.29. The van der Waals surface area contributed by atoms with Crippen molar-refractivity contribution in [2.75, 3.05) is 26.2 Å². The second kappa shape index (κ2) is 9.51. The van der Waals surface area contributed by atoms with Crippen LogP contribution in [0.15, 0.2) is 0 Å². The van der Waals surface area contributed by atoms with Crippen LogP contribution in [0.1, 0.15) is 67.2 Å². The standard InChI is InChI=1S/C20H40N2O2/c1-7-23-19-9-8-10-21(13-19)17(6)11-18-12-20(24-16(4)5)14-22(18)15(2)3/h15-20H,7-14H2,1-6H3/t17-,18?,19?,20?/m0/s1. The number of piperidine rings is 1. The lowest BCUT2D eigenvalue weighted by Gasteiger charge is -2.39. The van der Waals surface area contributed by atoms with E-state index in [2.05, 4.69) is 51.3 Å². The highest BCUT2D eigenvalue weighted by Crippen LogP contribution is 2.29. The summed E-state index contributed by atoms with van der Waals surface area (Å²) in [5.41, 5.74) is 0. The number of nitrogens with zero attached hydrogens (tertiary/aromatic N) is 2. The molecule has 2 heterocycles. The van der Waals surface area contributed by atoms with Crippen molar-refractivity contribution in [3.63, 3.8) is 0 Å². The Hall–Kier alpha value is -0.160. The van der Waals surface area contributed by atoms with Crippen LogP contribution in [0, 0.1) is 0 Å². The molecule has 2 rings (SSSR count). The molecule has 2 fully saturated rings. The first-order valence-electron chi connectivity index (χ1n) is 10.2. The summed E-state index contributed by atoms with van der Waals surface area (Å²) < 4.78 is 12.0. The van der Waals surface area contributed by atoms with Gasteiger partial charge in [0.1, 0.15) is 0 Å². The van der Waals surface area contributed by atoms with Crippen molar-refractivity contribution in [2.24, 2.45) is 0 Å². The zero-order valence-electron chi connectivity index (χ0n) is 16.8. The van der Waals surface area contributed by atoms with Crippen molar-refractivity contribution < 1.29 is 9.47 Å². The third-order valence-corrected chi connectivity index (χ3v) is 5.59. The van der Waals surface area contributed by atoms with Gasteiger partial charge < -0.3 is 9.47 Å². The third kappa shape index (κ3) is 5.69. The molecule has 0 saturated carbocycles. The molecule has 2 aliphatic rings. The summed E-state index contributed by atoms with van der Waals surface area (Å²) in [6.45, 7) is 17.7. The number of likely N-dealkylation sites (tertiary alicyclic amines) is 2. The van der Waals surface area contributed by atoms with Crippen LogP contribution in [0.3, 0.4) is 0 Å². The highest BCUT2D eigenvalue weighted by molar-refractivity contribution is 4.91. The molecule has 3 unspecified atom stereocenters. The normalized spacial score (nSPS) is 31.2. The van der Waals surface area contributed by atoms with Gasteiger partial charge in [-0.25, -0.2) is 0 Å². The first kappa shape index (κ1) is 20.2. The number of ether oxygens (including phenoxy) is 2. The van der Waals surface area contributed by atoms with Crippen molar-refractivity contribution in [1.82, 2.24) is 9.80 Å². The molecule has 4 nitrogen and oxygen atoms in total. The summed E-state index contributed by atoms with van der Waals surface area (Å²) in [6.07, 6.45) is 6.10. The minimum absolute atomic E-state index is 0.328. The molecule has 0 spiro atoms. The van der Waals surface area contributed by atoms with Crippen molar-refractivity contribution in [3.05, 3.63) is 0 Å². The van der Waals surface area contributed by atoms with Gasteiger partial charge in [-0.3, -0.25) is 9.80 Å². The van der Waals surface area contributed by atoms with Gasteiger partial charge in [-0.2, -0.15) is 0 Å². The van der Waals surface area contributed by atoms with Gasteiger partial charge >= 0.3 is 0 Å². The Labute approximate surface area is 149 Å². The lowest BCUT2D eigenvalue weighted by Crippen LogP contribution is -2.47. The van der Waals surface area contributed by atoms with Crippen LogP contribution in [-0.4, -0.2) is 72.5 Å². The highest BCUT2D eigenvalue weighted by Gasteiger charge is 2.36. The van der Waals surface area contributed by atoms with Crippen LogP contribution < -0.4 is 0 Å². The molecule has 0 aromatic carbocycles. The number of hydrogen-bond donors (Lipinski definition) is 0. The molecule has 0 aromatic heterocycles. The maximum atomic E-state index is 6.12. The summed E-state index contributed by atoms with van der Waals surface area (Å²) in [6, 6.07) is 1.87. The van der Waals surface area contributed by atoms with Crippen molar-refractivity contribution >= 4 is 0 Å². The molecule has 4 atom stereocenters. The summed E-state index contributed by atoms with van der Waals surface area (Å²) in [7, 11) is 0. The lowest BCUT2D eigenvalue weighted by molar-refractivity contribution is -0.00939. The SMILES string of the molecule is CCOC1CCCN([C@@H](C)CC2CC(OC(C)C)CN2C(C)C)C1. The van der Waals surface area contributed by atoms with E-state index in [0.717, 1.165) is 19.7 Å². The largest absolute Gasteiger partial charge is 0.377 e. The summed E-state index contributed by atoms with van der Waals surface area (Å²) in [5.74, 6) is 0. The van der Waals surface area contributed by atoms with Gasteiger partial charge in [-0.1, -0.05) is 0 Å². The van der Waals surface area contributed by atoms with Gasteiger partial charge in [0.15, 0.2) is 0 Å². The third-order valence-electron chi connectivity index (χ3n) is 5.59. The zero-order chi connectivity index (χ0) is 17.7. The van der Waals surface area contributed by atoms with Crippen LogP contribution in [0.2, 0.25) is 0 Å². The maximum absolute atomic E-state index is 6.12. The highest BCUT2D eigenvalue weighted by atomic mass is 16.5. The molecule has 2 saturated heterocycles. The Kier molecular flexibility index (Phi) is 7.99. The molecule has 0 radical (unpaired) electrons. The molecular weight excluding hydrogens is 300 g/mol. The van der Waals surface area contributed by atoms with Crippen molar-refractivity contribution in [2.45, 2.75) is 104 Å². The molecule has 0 bridgehead atoms. The average molecular weight is 341 g/mol.